The fourth-order valence-electron chi connectivity index (χ4n) is 0.781. The molecule has 88 valence electrons. The fourth-order valence-corrected chi connectivity index (χ4v) is 1.99. The van der Waals surface area contributed by atoms with Gasteiger partial charge in [-0.3, -0.25) is 9.59 Å². The number of esters is 1. The number of aliphatic carboxylic acids is 1. The number of carbonyl (C=O) groups excluding carboxylic acids is 1. The van der Waals surface area contributed by atoms with E-state index in [4.69, 9.17) is 5.11 Å². The topological polar surface area (TPSA) is 110 Å². The molecule has 0 saturated carbocycles. The van der Waals surface area contributed by atoms with Crippen LogP contribution in [0.25, 0.3) is 0 Å². The lowest BCUT2D eigenvalue weighted by Crippen LogP contribution is -2.42. The molecule has 2 N–H and O–H groups in total. The Hall–Kier alpha value is -1.15. The molecule has 0 aromatic heterocycles. The van der Waals surface area contributed by atoms with Crippen molar-refractivity contribution in [3.05, 3.63) is 0 Å². The van der Waals surface area contributed by atoms with Gasteiger partial charge >= 0.3 is 11.9 Å². The second kappa shape index (κ2) is 5.66. The van der Waals surface area contributed by atoms with E-state index in [2.05, 4.69) is 4.74 Å². The smallest absolute Gasteiger partial charge is 0.322 e. The number of methoxy groups -OCH3 is 1. The van der Waals surface area contributed by atoms with Gasteiger partial charge in [-0.15, -0.1) is 0 Å². The van der Waals surface area contributed by atoms with Crippen LogP contribution in [0.15, 0.2) is 0 Å². The SMILES string of the molecule is CC[C@H](NS(=O)(=O)CC(=O)OC)C(=O)O. The van der Waals surface area contributed by atoms with E-state index in [0.29, 0.717) is 0 Å². The third kappa shape index (κ3) is 5.33. The molecule has 0 rings (SSSR count). The monoisotopic (exact) mass is 239 g/mol. The van der Waals surface area contributed by atoms with Crippen LogP contribution in [0.2, 0.25) is 0 Å². The minimum Gasteiger partial charge on any atom is -0.480 e. The Labute approximate surface area is 87.5 Å². The normalized spacial score (nSPS) is 13.2. The first-order valence-electron chi connectivity index (χ1n) is 4.12. The maximum absolute atomic E-state index is 11.2. The Morgan fingerprint density at radius 1 is 1.47 bits per heavy atom. The van der Waals surface area contributed by atoms with Crippen molar-refractivity contribution in [2.45, 2.75) is 19.4 Å². The van der Waals surface area contributed by atoms with E-state index in [9.17, 15) is 18.0 Å². The second-order valence-corrected chi connectivity index (χ2v) is 4.51. The Balaban J connectivity index is 4.49. The van der Waals surface area contributed by atoms with Crippen molar-refractivity contribution < 1.29 is 27.9 Å². The van der Waals surface area contributed by atoms with Crippen LogP contribution in [0.3, 0.4) is 0 Å². The number of carbonyl (C=O) groups is 2. The van der Waals surface area contributed by atoms with Crippen LogP contribution in [0.5, 0.6) is 0 Å². The fraction of sp³-hybridized carbons (Fsp3) is 0.714. The highest BCUT2D eigenvalue weighted by molar-refractivity contribution is 7.90. The summed E-state index contributed by atoms with van der Waals surface area (Å²) in [6, 6.07) is -1.22. The van der Waals surface area contributed by atoms with E-state index < -0.39 is 33.8 Å². The predicted molar refractivity (Wildman–Crippen MR) is 50.7 cm³/mol. The van der Waals surface area contributed by atoms with Crippen molar-refractivity contribution in [3.8, 4) is 0 Å². The van der Waals surface area contributed by atoms with Crippen molar-refractivity contribution in [1.82, 2.24) is 4.72 Å². The molecule has 0 saturated heterocycles. The number of hydrogen-bond donors (Lipinski definition) is 2. The zero-order chi connectivity index (χ0) is 12.1. The molecule has 0 bridgehead atoms. The minimum atomic E-state index is -3.95. The highest BCUT2D eigenvalue weighted by Crippen LogP contribution is 1.96. The van der Waals surface area contributed by atoms with Gasteiger partial charge in [0.25, 0.3) is 0 Å². The zero-order valence-electron chi connectivity index (χ0n) is 8.39. The second-order valence-electron chi connectivity index (χ2n) is 2.75. The first-order valence-corrected chi connectivity index (χ1v) is 5.77. The molecule has 0 aromatic rings. The van der Waals surface area contributed by atoms with Gasteiger partial charge in [0.2, 0.25) is 10.0 Å². The standard InChI is InChI=1S/C7H13NO6S/c1-3-5(7(10)11)8-15(12,13)4-6(9)14-2/h5,8H,3-4H2,1-2H3,(H,10,11)/t5-/m0/s1. The van der Waals surface area contributed by atoms with Crippen molar-refractivity contribution in [1.29, 1.82) is 0 Å². The van der Waals surface area contributed by atoms with Gasteiger partial charge in [-0.2, -0.15) is 0 Å². The Bertz CT molecular complexity index is 335. The molecule has 0 unspecified atom stereocenters. The van der Waals surface area contributed by atoms with E-state index in [1.54, 1.807) is 0 Å². The summed E-state index contributed by atoms with van der Waals surface area (Å²) in [4.78, 5) is 21.2. The molecule has 0 aliphatic rings. The molecule has 0 amide bonds. The number of hydrogen-bond acceptors (Lipinski definition) is 5. The third-order valence-corrected chi connectivity index (χ3v) is 2.82. The number of carboxylic acids is 1. The molecule has 0 aliphatic heterocycles. The van der Waals surface area contributed by atoms with Gasteiger partial charge < -0.3 is 9.84 Å². The summed E-state index contributed by atoms with van der Waals surface area (Å²) >= 11 is 0. The lowest BCUT2D eigenvalue weighted by atomic mass is 10.2. The van der Waals surface area contributed by atoms with Crippen LogP contribution in [0.1, 0.15) is 13.3 Å². The third-order valence-electron chi connectivity index (χ3n) is 1.56. The van der Waals surface area contributed by atoms with Gasteiger partial charge in [0.1, 0.15) is 6.04 Å². The maximum atomic E-state index is 11.2. The summed E-state index contributed by atoms with van der Waals surface area (Å²) in [5.74, 6) is -3.11. The summed E-state index contributed by atoms with van der Waals surface area (Å²) in [6.07, 6.45) is 0.0930. The number of carboxylic acid groups (broad SMARTS) is 1. The summed E-state index contributed by atoms with van der Waals surface area (Å²) in [7, 11) is -2.91. The van der Waals surface area contributed by atoms with E-state index in [1.165, 1.54) is 6.92 Å². The molecule has 8 heteroatoms. The van der Waals surface area contributed by atoms with Crippen LogP contribution in [0, 0.1) is 0 Å². The summed E-state index contributed by atoms with van der Waals surface area (Å²) in [5.41, 5.74) is 0. The maximum Gasteiger partial charge on any atom is 0.322 e. The van der Waals surface area contributed by atoms with Crippen molar-refractivity contribution >= 4 is 22.0 Å². The van der Waals surface area contributed by atoms with Crippen LogP contribution in [0.4, 0.5) is 0 Å². The van der Waals surface area contributed by atoms with E-state index in [-0.39, 0.29) is 6.42 Å². The van der Waals surface area contributed by atoms with Crippen LogP contribution in [-0.4, -0.2) is 44.4 Å². The van der Waals surface area contributed by atoms with Crippen molar-refractivity contribution in [3.63, 3.8) is 0 Å². The largest absolute Gasteiger partial charge is 0.480 e. The summed E-state index contributed by atoms with van der Waals surface area (Å²) < 4.78 is 28.4. The lowest BCUT2D eigenvalue weighted by molar-refractivity contribution is -0.139. The Morgan fingerprint density at radius 2 is 2.00 bits per heavy atom. The molecular formula is C7H13NO6S. The first kappa shape index (κ1) is 13.8. The number of nitrogens with one attached hydrogen (secondary N) is 1. The molecule has 0 radical (unpaired) electrons. The van der Waals surface area contributed by atoms with Crippen molar-refractivity contribution in [2.75, 3.05) is 12.9 Å². The van der Waals surface area contributed by atoms with Gasteiger partial charge in [0, 0.05) is 0 Å². The molecule has 0 aliphatic carbocycles. The van der Waals surface area contributed by atoms with Crippen LogP contribution < -0.4 is 4.72 Å². The van der Waals surface area contributed by atoms with Gasteiger partial charge in [-0.25, -0.2) is 13.1 Å². The van der Waals surface area contributed by atoms with Gasteiger partial charge in [-0.05, 0) is 6.42 Å². The minimum absolute atomic E-state index is 0.0930. The molecule has 0 spiro atoms. The Kier molecular flexibility index (Phi) is 5.23. The molecule has 0 fully saturated rings. The summed E-state index contributed by atoms with van der Waals surface area (Å²) in [5, 5.41) is 8.58. The molecule has 15 heavy (non-hydrogen) atoms. The highest BCUT2D eigenvalue weighted by Gasteiger charge is 2.24. The van der Waals surface area contributed by atoms with Crippen molar-refractivity contribution in [2.24, 2.45) is 0 Å². The van der Waals surface area contributed by atoms with Crippen LogP contribution >= 0.6 is 0 Å². The predicted octanol–water partition coefficient (Wildman–Crippen LogP) is -1.06. The van der Waals surface area contributed by atoms with Gasteiger partial charge in [0.15, 0.2) is 5.75 Å². The Morgan fingerprint density at radius 3 is 2.33 bits per heavy atom. The average molecular weight is 239 g/mol. The van der Waals surface area contributed by atoms with Gasteiger partial charge in [-0.1, -0.05) is 6.92 Å². The average Bonchev–Trinajstić information content (AvgIpc) is 2.13. The molecular weight excluding hydrogens is 226 g/mol. The van der Waals surface area contributed by atoms with Gasteiger partial charge in [0.05, 0.1) is 7.11 Å². The van der Waals surface area contributed by atoms with Crippen LogP contribution in [-0.2, 0) is 24.3 Å². The lowest BCUT2D eigenvalue weighted by Gasteiger charge is -2.11. The molecule has 0 aromatic carbocycles. The van der Waals surface area contributed by atoms with E-state index in [0.717, 1.165) is 7.11 Å². The molecule has 0 heterocycles. The quantitative estimate of drug-likeness (QED) is 0.572. The highest BCUT2D eigenvalue weighted by atomic mass is 32.2. The molecule has 7 nitrogen and oxygen atoms in total. The van der Waals surface area contributed by atoms with E-state index in [1.807, 2.05) is 4.72 Å². The zero-order valence-corrected chi connectivity index (χ0v) is 9.20. The molecule has 1 atom stereocenters. The first-order chi connectivity index (χ1) is 6.82. The number of ether oxygens (including phenoxy) is 1. The summed E-state index contributed by atoms with van der Waals surface area (Å²) in [6.45, 7) is 1.51. The number of rotatable bonds is 6. The van der Waals surface area contributed by atoms with E-state index >= 15 is 0 Å². The number of sulfonamides is 1.